The quantitative estimate of drug-likeness (QED) is 0.329. The van der Waals surface area contributed by atoms with Gasteiger partial charge in [0.25, 0.3) is 11.8 Å². The Morgan fingerprint density at radius 3 is 2.54 bits per heavy atom. The van der Waals surface area contributed by atoms with E-state index in [0.717, 1.165) is 25.1 Å². The topological polar surface area (TPSA) is 83.9 Å². The van der Waals surface area contributed by atoms with Crippen LogP contribution in [-0.2, 0) is 15.5 Å². The predicted molar refractivity (Wildman–Crippen MR) is 125 cm³/mol. The van der Waals surface area contributed by atoms with Gasteiger partial charge in [-0.1, -0.05) is 18.2 Å². The van der Waals surface area contributed by atoms with Crippen molar-refractivity contribution < 1.29 is 36.3 Å². The smallest absolute Gasteiger partial charge is 0.387 e. The zero-order valence-corrected chi connectivity index (χ0v) is 19.4. The van der Waals surface area contributed by atoms with Crippen molar-refractivity contribution in [2.45, 2.75) is 32.1 Å². The molecule has 1 aliphatic rings. The summed E-state index contributed by atoms with van der Waals surface area (Å²) in [6.45, 7) is -1.36. The second-order valence-corrected chi connectivity index (χ2v) is 8.18. The van der Waals surface area contributed by atoms with Crippen molar-refractivity contribution in [3.63, 3.8) is 0 Å². The molecule has 0 spiro atoms. The SMILES string of the molecule is CC1=NN(c2ccc(OC(F)F)c(-c3cccnc3)c2)C(=O)C1(F)C(=O)Nc1cccc(C(C)(F)F)c1. The van der Waals surface area contributed by atoms with E-state index < -0.39 is 41.3 Å². The standard InChI is InChI=1S/C25H19F5N4O3/c1-14-25(30,21(35)32-17-7-3-6-16(11-17)24(2,28)29)22(36)34(33-14)18-8-9-20(37-23(26)27)19(12-18)15-5-4-10-31-13-15/h3-13,23H,1-2H3,(H,32,35). The van der Waals surface area contributed by atoms with Gasteiger partial charge < -0.3 is 10.1 Å². The zero-order valence-electron chi connectivity index (χ0n) is 19.4. The molecule has 1 unspecified atom stereocenters. The van der Waals surface area contributed by atoms with E-state index >= 15 is 4.39 Å². The van der Waals surface area contributed by atoms with E-state index in [1.807, 2.05) is 0 Å². The Hall–Kier alpha value is -4.35. The van der Waals surface area contributed by atoms with Crippen LogP contribution in [0, 0.1) is 0 Å². The average molecular weight is 518 g/mol. The first-order chi connectivity index (χ1) is 17.4. The average Bonchev–Trinajstić information content (AvgIpc) is 3.09. The lowest BCUT2D eigenvalue weighted by Crippen LogP contribution is -2.51. The summed E-state index contributed by atoms with van der Waals surface area (Å²) in [6.07, 6.45) is 2.84. The van der Waals surface area contributed by atoms with Gasteiger partial charge in [-0.3, -0.25) is 14.6 Å². The predicted octanol–water partition coefficient (Wildman–Crippen LogP) is 5.53. The van der Waals surface area contributed by atoms with Crippen molar-refractivity contribution in [1.82, 2.24) is 4.98 Å². The van der Waals surface area contributed by atoms with Gasteiger partial charge in [-0.15, -0.1) is 0 Å². The summed E-state index contributed by atoms with van der Waals surface area (Å²) < 4.78 is 73.6. The number of hydrogen-bond donors (Lipinski definition) is 1. The number of carbonyl (C=O) groups excluding carboxylic acids is 2. The lowest BCUT2D eigenvalue weighted by Gasteiger charge is -2.21. The maximum absolute atomic E-state index is 15.9. The van der Waals surface area contributed by atoms with Crippen LogP contribution < -0.4 is 15.1 Å². The normalized spacial score (nSPS) is 17.7. The Kier molecular flexibility index (Phi) is 6.68. The number of aromatic nitrogens is 1. The monoisotopic (exact) mass is 518 g/mol. The van der Waals surface area contributed by atoms with Crippen LogP contribution in [0.15, 0.2) is 72.1 Å². The van der Waals surface area contributed by atoms with Gasteiger partial charge in [-0.25, -0.2) is 13.2 Å². The van der Waals surface area contributed by atoms with Gasteiger partial charge in [0, 0.05) is 41.7 Å². The summed E-state index contributed by atoms with van der Waals surface area (Å²) in [4.78, 5) is 29.9. The van der Waals surface area contributed by atoms with Crippen LogP contribution in [-0.4, -0.2) is 34.8 Å². The Balaban J connectivity index is 1.65. The van der Waals surface area contributed by atoms with E-state index in [9.17, 15) is 27.2 Å². The molecule has 1 aliphatic heterocycles. The zero-order chi connectivity index (χ0) is 27.0. The van der Waals surface area contributed by atoms with Gasteiger partial charge >= 0.3 is 18.2 Å². The summed E-state index contributed by atoms with van der Waals surface area (Å²) in [5, 5.41) is 6.65. The van der Waals surface area contributed by atoms with E-state index in [2.05, 4.69) is 20.1 Å². The Morgan fingerprint density at radius 1 is 1.14 bits per heavy atom. The molecular formula is C25H19F5N4O3. The van der Waals surface area contributed by atoms with E-state index in [1.165, 1.54) is 36.7 Å². The Labute approximate surface area is 207 Å². The number of pyridine rings is 1. The summed E-state index contributed by atoms with van der Waals surface area (Å²) >= 11 is 0. The largest absolute Gasteiger partial charge is 0.434 e. The number of benzene rings is 2. The molecule has 0 saturated carbocycles. The first-order valence-corrected chi connectivity index (χ1v) is 10.8. The number of anilines is 2. The third-order valence-electron chi connectivity index (χ3n) is 5.57. The highest BCUT2D eigenvalue weighted by Gasteiger charge is 2.57. The molecule has 2 heterocycles. The van der Waals surface area contributed by atoms with Crippen LogP contribution in [0.3, 0.4) is 0 Å². The van der Waals surface area contributed by atoms with Crippen LogP contribution in [0.2, 0.25) is 0 Å². The van der Waals surface area contributed by atoms with Crippen molar-refractivity contribution in [2.75, 3.05) is 10.3 Å². The van der Waals surface area contributed by atoms with Crippen LogP contribution >= 0.6 is 0 Å². The minimum atomic E-state index is -3.25. The maximum atomic E-state index is 15.9. The molecule has 7 nitrogen and oxygen atoms in total. The lowest BCUT2D eigenvalue weighted by atomic mass is 9.98. The fraction of sp³-hybridized carbons (Fsp3) is 0.200. The van der Waals surface area contributed by atoms with Gasteiger partial charge in [-0.05, 0) is 43.3 Å². The number of hydrazone groups is 1. The molecule has 0 bridgehead atoms. The number of halogens is 5. The molecule has 0 aliphatic carbocycles. The molecule has 1 aromatic heterocycles. The number of alkyl halides is 5. The van der Waals surface area contributed by atoms with Crippen molar-refractivity contribution >= 4 is 28.9 Å². The summed E-state index contributed by atoms with van der Waals surface area (Å²) in [7, 11) is 0. The molecule has 192 valence electrons. The number of rotatable bonds is 7. The minimum absolute atomic E-state index is 0.0373. The first kappa shape index (κ1) is 25.7. The van der Waals surface area contributed by atoms with E-state index in [1.54, 1.807) is 12.1 Å². The van der Waals surface area contributed by atoms with Crippen molar-refractivity contribution in [3.05, 3.63) is 72.6 Å². The first-order valence-electron chi connectivity index (χ1n) is 10.8. The van der Waals surface area contributed by atoms with Gasteiger partial charge in [0.1, 0.15) is 5.75 Å². The Morgan fingerprint density at radius 2 is 1.89 bits per heavy atom. The molecule has 4 rings (SSSR count). The fourth-order valence-corrected chi connectivity index (χ4v) is 3.68. The van der Waals surface area contributed by atoms with Crippen molar-refractivity contribution in [2.24, 2.45) is 5.10 Å². The highest BCUT2D eigenvalue weighted by molar-refractivity contribution is 6.36. The number of amides is 2. The van der Waals surface area contributed by atoms with Gasteiger partial charge in [0.05, 0.1) is 11.4 Å². The summed E-state index contributed by atoms with van der Waals surface area (Å²) in [5.74, 6) is -6.24. The number of nitrogens with zero attached hydrogens (tertiary/aromatic N) is 3. The molecule has 0 radical (unpaired) electrons. The van der Waals surface area contributed by atoms with Crippen molar-refractivity contribution in [1.29, 1.82) is 0 Å². The maximum Gasteiger partial charge on any atom is 0.387 e. The van der Waals surface area contributed by atoms with Gasteiger partial charge in [-0.2, -0.15) is 18.9 Å². The summed E-state index contributed by atoms with van der Waals surface area (Å²) in [6, 6.07) is 11.3. The number of hydrogen-bond acceptors (Lipinski definition) is 5. The fourth-order valence-electron chi connectivity index (χ4n) is 3.68. The second kappa shape index (κ2) is 9.60. The van der Waals surface area contributed by atoms with Crippen LogP contribution in [0.1, 0.15) is 19.4 Å². The molecule has 12 heteroatoms. The lowest BCUT2D eigenvalue weighted by molar-refractivity contribution is -0.135. The van der Waals surface area contributed by atoms with Crippen molar-refractivity contribution in [3.8, 4) is 16.9 Å². The van der Waals surface area contributed by atoms with Gasteiger partial charge in [0.2, 0.25) is 0 Å². The molecule has 1 N–H and O–H groups in total. The van der Waals surface area contributed by atoms with Crippen LogP contribution in [0.25, 0.3) is 11.1 Å². The molecule has 0 saturated heterocycles. The molecule has 3 aromatic rings. The second-order valence-electron chi connectivity index (χ2n) is 8.18. The molecule has 1 atom stereocenters. The summed E-state index contributed by atoms with van der Waals surface area (Å²) in [5.41, 5.74) is -3.89. The molecule has 37 heavy (non-hydrogen) atoms. The molecular weight excluding hydrogens is 499 g/mol. The number of carbonyl (C=O) groups is 2. The van der Waals surface area contributed by atoms with E-state index in [4.69, 9.17) is 0 Å². The van der Waals surface area contributed by atoms with E-state index in [-0.39, 0.29) is 22.7 Å². The van der Waals surface area contributed by atoms with Gasteiger partial charge in [0.15, 0.2) is 0 Å². The Bertz CT molecular complexity index is 1380. The van der Waals surface area contributed by atoms with Crippen LogP contribution in [0.4, 0.5) is 33.3 Å². The number of nitrogens with one attached hydrogen (secondary N) is 1. The van der Waals surface area contributed by atoms with Crippen LogP contribution in [0.5, 0.6) is 5.75 Å². The molecule has 2 amide bonds. The van der Waals surface area contributed by atoms with E-state index in [0.29, 0.717) is 17.5 Å². The third-order valence-corrected chi connectivity index (χ3v) is 5.57. The molecule has 0 fully saturated rings. The minimum Gasteiger partial charge on any atom is -0.434 e. The number of ether oxygens (including phenoxy) is 1. The highest BCUT2D eigenvalue weighted by Crippen LogP contribution is 2.38. The molecule has 2 aromatic carbocycles. The third kappa shape index (κ3) is 4.99. The highest BCUT2D eigenvalue weighted by atomic mass is 19.3.